The molecule has 2 heteroatoms. The number of nitrogens with one attached hydrogen (secondary N) is 1. The van der Waals surface area contributed by atoms with Crippen molar-refractivity contribution < 1.29 is 0 Å². The van der Waals surface area contributed by atoms with Gasteiger partial charge in [-0.2, -0.15) is 0 Å². The number of nitrogens with zero attached hydrogens (tertiary/aromatic N) is 1. The molecule has 1 N–H and O–H groups in total. The topological polar surface area (TPSA) is 24.4 Å². The second-order valence-corrected chi connectivity index (χ2v) is 5.80. The maximum Gasteiger partial charge on any atom is 0.183 e. The van der Waals surface area contributed by atoms with Gasteiger partial charge in [-0.05, 0) is 55.2 Å². The third-order valence-electron chi connectivity index (χ3n) is 3.84. The van der Waals surface area contributed by atoms with Crippen LogP contribution < -0.4 is 5.32 Å². The van der Waals surface area contributed by atoms with E-state index >= 15 is 0 Å². The van der Waals surface area contributed by atoms with Crippen LogP contribution in [0.5, 0.6) is 0 Å². The molecule has 0 amide bonds. The molecule has 25 heavy (non-hydrogen) atoms. The fraction of sp³-hybridized carbons (Fsp3) is 0.0870. The molecule has 2 nitrogen and oxygen atoms in total. The molecule has 3 rings (SSSR count). The van der Waals surface area contributed by atoms with Gasteiger partial charge in [-0.3, -0.25) is 0 Å². The zero-order valence-corrected chi connectivity index (χ0v) is 14.5. The number of aryl methyl sites for hydroxylation is 2. The van der Waals surface area contributed by atoms with Crippen LogP contribution in [-0.2, 0) is 0 Å². The van der Waals surface area contributed by atoms with Crippen LogP contribution in [0.25, 0.3) is 0 Å². The Labute approximate surface area is 149 Å². The van der Waals surface area contributed by atoms with Crippen molar-refractivity contribution in [2.45, 2.75) is 13.8 Å². The van der Waals surface area contributed by atoms with Crippen LogP contribution in [0.2, 0.25) is 0 Å². The second kappa shape index (κ2) is 7.99. The van der Waals surface area contributed by atoms with Gasteiger partial charge in [-0.25, -0.2) is 4.99 Å². The van der Waals surface area contributed by atoms with Gasteiger partial charge in [0.2, 0.25) is 0 Å². The lowest BCUT2D eigenvalue weighted by Crippen LogP contribution is -2.10. The predicted octanol–water partition coefficient (Wildman–Crippen LogP) is 5.50. The van der Waals surface area contributed by atoms with E-state index < -0.39 is 0 Å². The molecule has 0 spiro atoms. The van der Waals surface area contributed by atoms with E-state index in [9.17, 15) is 0 Å². The zero-order valence-electron chi connectivity index (χ0n) is 14.5. The first kappa shape index (κ1) is 16.5. The minimum atomic E-state index is 0.632. The van der Waals surface area contributed by atoms with Gasteiger partial charge in [0.05, 0.1) is 5.69 Å². The number of rotatable bonds is 2. The molecule has 0 saturated carbocycles. The fourth-order valence-electron chi connectivity index (χ4n) is 2.39. The number of amidine groups is 1. The number of anilines is 1. The highest BCUT2D eigenvalue weighted by Gasteiger charge is 2.02. The summed E-state index contributed by atoms with van der Waals surface area (Å²) >= 11 is 0. The average molecular weight is 324 g/mol. The van der Waals surface area contributed by atoms with E-state index in [1.165, 1.54) is 0 Å². The van der Waals surface area contributed by atoms with Crippen LogP contribution in [0.3, 0.4) is 0 Å². The number of hydrogen-bond acceptors (Lipinski definition) is 1. The molecule has 0 atom stereocenters. The van der Waals surface area contributed by atoms with E-state index in [1.807, 2.05) is 66.7 Å². The highest BCUT2D eigenvalue weighted by molar-refractivity contribution is 6.10. The summed E-state index contributed by atoms with van der Waals surface area (Å²) in [6.07, 6.45) is 0. The fourth-order valence-corrected chi connectivity index (χ4v) is 2.39. The first-order chi connectivity index (χ1) is 12.2. The molecule has 0 aliphatic carbocycles. The summed E-state index contributed by atoms with van der Waals surface area (Å²) in [5, 5.41) is 3.37. The Morgan fingerprint density at radius 2 is 1.40 bits per heavy atom. The largest absolute Gasteiger partial charge is 0.333 e. The summed E-state index contributed by atoms with van der Waals surface area (Å²) in [5.41, 5.74) is 5.17. The Kier molecular flexibility index (Phi) is 5.29. The lowest BCUT2D eigenvalue weighted by atomic mass is 10.2. The van der Waals surface area contributed by atoms with Gasteiger partial charge in [0.25, 0.3) is 0 Å². The van der Waals surface area contributed by atoms with E-state index in [-0.39, 0.29) is 0 Å². The van der Waals surface area contributed by atoms with Gasteiger partial charge in [0.1, 0.15) is 0 Å². The minimum absolute atomic E-state index is 0.632. The van der Waals surface area contributed by atoms with Crippen molar-refractivity contribution in [2.75, 3.05) is 5.32 Å². The summed E-state index contributed by atoms with van der Waals surface area (Å²) in [7, 11) is 0. The van der Waals surface area contributed by atoms with E-state index in [4.69, 9.17) is 4.99 Å². The SMILES string of the molecule is Cc1ccccc1N=C(C#Cc1ccccc1)Nc1ccccc1C. The van der Waals surface area contributed by atoms with E-state index in [0.717, 1.165) is 28.1 Å². The van der Waals surface area contributed by atoms with Crippen molar-refractivity contribution in [3.05, 3.63) is 95.6 Å². The third kappa shape index (κ3) is 4.59. The van der Waals surface area contributed by atoms with Crippen LogP contribution >= 0.6 is 0 Å². The molecule has 0 aliphatic rings. The Balaban J connectivity index is 1.98. The molecule has 122 valence electrons. The molecule has 0 unspecified atom stereocenters. The minimum Gasteiger partial charge on any atom is -0.333 e. The molecule has 0 saturated heterocycles. The zero-order chi connectivity index (χ0) is 17.5. The summed E-state index contributed by atoms with van der Waals surface area (Å²) in [5.74, 6) is 6.99. The number of aliphatic imine (C=N–C) groups is 1. The number of hydrogen-bond donors (Lipinski definition) is 1. The van der Waals surface area contributed by atoms with E-state index in [0.29, 0.717) is 5.84 Å². The Bertz CT molecular complexity index is 944. The third-order valence-corrected chi connectivity index (χ3v) is 3.84. The van der Waals surface area contributed by atoms with Gasteiger partial charge in [0, 0.05) is 11.3 Å². The highest BCUT2D eigenvalue weighted by atomic mass is 15.0. The number of para-hydroxylation sites is 2. The standard InChI is InChI=1S/C23H20N2/c1-18-10-6-8-14-21(18)24-23(17-16-20-12-4-3-5-13-20)25-22-15-9-7-11-19(22)2/h3-15H,1-2H3,(H,24,25). The molecule has 3 aromatic rings. The van der Waals surface area contributed by atoms with Gasteiger partial charge in [0.15, 0.2) is 5.84 Å². The Morgan fingerprint density at radius 3 is 2.12 bits per heavy atom. The van der Waals surface area contributed by atoms with Crippen molar-refractivity contribution in [1.29, 1.82) is 0 Å². The first-order valence-electron chi connectivity index (χ1n) is 8.26. The van der Waals surface area contributed by atoms with Crippen LogP contribution in [0.1, 0.15) is 16.7 Å². The molecule has 0 bridgehead atoms. The van der Waals surface area contributed by atoms with E-state index in [1.54, 1.807) is 0 Å². The molecule has 0 radical (unpaired) electrons. The number of benzene rings is 3. The Morgan fingerprint density at radius 1 is 0.760 bits per heavy atom. The van der Waals surface area contributed by atoms with Crippen molar-refractivity contribution in [3.63, 3.8) is 0 Å². The van der Waals surface area contributed by atoms with Gasteiger partial charge in [-0.1, -0.05) is 60.5 Å². The summed E-state index contributed by atoms with van der Waals surface area (Å²) in [4.78, 5) is 4.74. The van der Waals surface area contributed by atoms with Crippen molar-refractivity contribution >= 4 is 17.2 Å². The second-order valence-electron chi connectivity index (χ2n) is 5.80. The molecule has 0 aromatic heterocycles. The molecular formula is C23H20N2. The lowest BCUT2D eigenvalue weighted by molar-refractivity contribution is 1.39. The molecular weight excluding hydrogens is 304 g/mol. The first-order valence-corrected chi connectivity index (χ1v) is 8.26. The average Bonchev–Trinajstić information content (AvgIpc) is 2.64. The van der Waals surface area contributed by atoms with Crippen LogP contribution in [-0.4, -0.2) is 5.84 Å². The van der Waals surface area contributed by atoms with Crippen LogP contribution in [0.4, 0.5) is 11.4 Å². The van der Waals surface area contributed by atoms with Gasteiger partial charge >= 0.3 is 0 Å². The predicted molar refractivity (Wildman–Crippen MR) is 106 cm³/mol. The van der Waals surface area contributed by atoms with Crippen molar-refractivity contribution in [2.24, 2.45) is 4.99 Å². The summed E-state index contributed by atoms with van der Waals surface area (Å²) < 4.78 is 0. The maximum atomic E-state index is 4.74. The van der Waals surface area contributed by atoms with Crippen molar-refractivity contribution in [1.82, 2.24) is 0 Å². The highest BCUT2D eigenvalue weighted by Crippen LogP contribution is 2.19. The van der Waals surface area contributed by atoms with Gasteiger partial charge in [-0.15, -0.1) is 0 Å². The summed E-state index contributed by atoms with van der Waals surface area (Å²) in [6, 6.07) is 26.1. The lowest BCUT2D eigenvalue weighted by Gasteiger charge is -2.08. The smallest absolute Gasteiger partial charge is 0.183 e. The molecule has 0 aliphatic heterocycles. The van der Waals surface area contributed by atoms with Crippen LogP contribution in [0.15, 0.2) is 83.9 Å². The quantitative estimate of drug-likeness (QED) is 0.376. The molecule has 0 fully saturated rings. The Hall–Kier alpha value is -3.31. The van der Waals surface area contributed by atoms with Crippen LogP contribution in [0, 0.1) is 25.7 Å². The summed E-state index contributed by atoms with van der Waals surface area (Å²) in [6.45, 7) is 4.12. The molecule has 0 heterocycles. The van der Waals surface area contributed by atoms with Gasteiger partial charge < -0.3 is 5.32 Å². The van der Waals surface area contributed by atoms with E-state index in [2.05, 4.69) is 43.1 Å². The van der Waals surface area contributed by atoms with Crippen molar-refractivity contribution in [3.8, 4) is 11.8 Å². The molecule has 3 aromatic carbocycles. The normalized spacial score (nSPS) is 10.7. The monoisotopic (exact) mass is 324 g/mol. The maximum absolute atomic E-state index is 4.74.